The van der Waals surface area contributed by atoms with Crippen LogP contribution in [0.25, 0.3) is 0 Å². The molecule has 1 heterocycles. The maximum Gasteiger partial charge on any atom is 0.490 e. The van der Waals surface area contributed by atoms with E-state index >= 15 is 0 Å². The number of carbonyl (C=O) groups excluding carboxylic acids is 1. The third kappa shape index (κ3) is 5.00. The van der Waals surface area contributed by atoms with E-state index in [-0.39, 0.29) is 0 Å². The van der Waals surface area contributed by atoms with Crippen molar-refractivity contribution in [3.05, 3.63) is 18.0 Å². The summed E-state index contributed by atoms with van der Waals surface area (Å²) in [7, 11) is 0. The van der Waals surface area contributed by atoms with Gasteiger partial charge in [0.2, 0.25) is 0 Å². The van der Waals surface area contributed by atoms with Gasteiger partial charge in [-0.15, -0.1) is 0 Å². The smallest absolute Gasteiger partial charge is 0.475 e. The summed E-state index contributed by atoms with van der Waals surface area (Å²) in [5.74, 6) is -3.19. The fourth-order valence-corrected chi connectivity index (χ4v) is 0.794. The number of nitrogens with two attached hydrogens (primary N) is 1. The van der Waals surface area contributed by atoms with E-state index in [0.717, 1.165) is 0 Å². The standard InChI is InChI=1S/C6H9N3O.C2HF3O2/c1-2-9-5(6(7)10)3-4-8-9;3-2(4,5)1(6)7/h3-4H,2H2,1H3,(H2,7,10);(H,6,7). The van der Waals surface area contributed by atoms with E-state index in [1.807, 2.05) is 6.92 Å². The highest BCUT2D eigenvalue weighted by atomic mass is 19.4. The molecule has 3 N–H and O–H groups in total. The van der Waals surface area contributed by atoms with Crippen molar-refractivity contribution in [2.45, 2.75) is 19.6 Å². The average molecular weight is 253 g/mol. The second-order valence-electron chi connectivity index (χ2n) is 2.70. The highest BCUT2D eigenvalue weighted by Crippen LogP contribution is 2.13. The van der Waals surface area contributed by atoms with E-state index in [2.05, 4.69) is 5.10 Å². The molecule has 0 unspecified atom stereocenters. The molecule has 0 aromatic carbocycles. The monoisotopic (exact) mass is 253 g/mol. The summed E-state index contributed by atoms with van der Waals surface area (Å²) in [6.07, 6.45) is -3.52. The topological polar surface area (TPSA) is 98.2 Å². The molecule has 0 bridgehead atoms. The number of halogens is 3. The lowest BCUT2D eigenvalue weighted by atomic mass is 10.4. The number of alkyl halides is 3. The van der Waals surface area contributed by atoms with Gasteiger partial charge in [-0.25, -0.2) is 4.79 Å². The van der Waals surface area contributed by atoms with E-state index in [9.17, 15) is 18.0 Å². The third-order valence-corrected chi connectivity index (χ3v) is 1.51. The maximum absolute atomic E-state index is 10.6. The van der Waals surface area contributed by atoms with Crippen molar-refractivity contribution < 1.29 is 27.9 Å². The van der Waals surface area contributed by atoms with Crippen molar-refractivity contribution in [1.82, 2.24) is 9.78 Å². The highest BCUT2D eigenvalue weighted by Gasteiger charge is 2.38. The Morgan fingerprint density at radius 3 is 2.24 bits per heavy atom. The Kier molecular flexibility index (Phi) is 5.16. The molecule has 0 saturated carbocycles. The van der Waals surface area contributed by atoms with Crippen LogP contribution in [0.2, 0.25) is 0 Å². The highest BCUT2D eigenvalue weighted by molar-refractivity contribution is 5.90. The van der Waals surface area contributed by atoms with Crippen molar-refractivity contribution in [2.24, 2.45) is 5.73 Å². The van der Waals surface area contributed by atoms with Crippen LogP contribution in [0.4, 0.5) is 13.2 Å². The summed E-state index contributed by atoms with van der Waals surface area (Å²) in [4.78, 5) is 19.5. The van der Waals surface area contributed by atoms with Crippen molar-refractivity contribution in [3.8, 4) is 0 Å². The van der Waals surface area contributed by atoms with Crippen molar-refractivity contribution in [1.29, 1.82) is 0 Å². The molecular formula is C8H10F3N3O3. The molecule has 96 valence electrons. The molecule has 1 aromatic heterocycles. The minimum atomic E-state index is -5.08. The van der Waals surface area contributed by atoms with Crippen molar-refractivity contribution >= 4 is 11.9 Å². The number of aromatic nitrogens is 2. The van der Waals surface area contributed by atoms with Crippen LogP contribution in [0.15, 0.2) is 12.3 Å². The van der Waals surface area contributed by atoms with E-state index in [1.54, 1.807) is 16.9 Å². The maximum atomic E-state index is 10.6. The Balaban J connectivity index is 0.000000325. The van der Waals surface area contributed by atoms with Gasteiger partial charge in [0, 0.05) is 12.7 Å². The van der Waals surface area contributed by atoms with Gasteiger partial charge >= 0.3 is 12.1 Å². The van der Waals surface area contributed by atoms with Gasteiger partial charge in [0.1, 0.15) is 5.69 Å². The van der Waals surface area contributed by atoms with Crippen molar-refractivity contribution in [3.63, 3.8) is 0 Å². The zero-order valence-electron chi connectivity index (χ0n) is 8.73. The predicted octanol–water partition coefficient (Wildman–Crippen LogP) is 0.635. The normalized spacial score (nSPS) is 10.4. The predicted molar refractivity (Wildman–Crippen MR) is 50.1 cm³/mol. The minimum Gasteiger partial charge on any atom is -0.475 e. The van der Waals surface area contributed by atoms with Crippen LogP contribution < -0.4 is 5.73 Å². The lowest BCUT2D eigenvalue weighted by Crippen LogP contribution is -2.21. The first-order valence-corrected chi connectivity index (χ1v) is 4.31. The van der Waals surface area contributed by atoms with E-state index in [0.29, 0.717) is 12.2 Å². The Bertz CT molecular complexity index is 400. The van der Waals surface area contributed by atoms with Gasteiger partial charge in [0.15, 0.2) is 0 Å². The zero-order valence-corrected chi connectivity index (χ0v) is 8.73. The van der Waals surface area contributed by atoms with Gasteiger partial charge in [0.25, 0.3) is 5.91 Å². The molecule has 0 spiro atoms. The van der Waals surface area contributed by atoms with Gasteiger partial charge < -0.3 is 10.8 Å². The Labute approximate surface area is 93.8 Å². The molecule has 0 atom stereocenters. The number of carboxylic acids is 1. The molecule has 1 rings (SSSR count). The summed E-state index contributed by atoms with van der Waals surface area (Å²) >= 11 is 0. The van der Waals surface area contributed by atoms with Gasteiger partial charge in [0.05, 0.1) is 0 Å². The van der Waals surface area contributed by atoms with Crippen LogP contribution >= 0.6 is 0 Å². The van der Waals surface area contributed by atoms with Gasteiger partial charge in [-0.1, -0.05) is 0 Å². The quantitative estimate of drug-likeness (QED) is 0.807. The summed E-state index contributed by atoms with van der Waals surface area (Å²) < 4.78 is 33.3. The Hall–Kier alpha value is -2.06. The molecule has 0 fully saturated rings. The summed E-state index contributed by atoms with van der Waals surface area (Å²) in [5, 5.41) is 11.0. The molecule has 1 aromatic rings. The molecule has 9 heteroatoms. The molecule has 1 amide bonds. The number of amides is 1. The van der Waals surface area contributed by atoms with Gasteiger partial charge in [-0.3, -0.25) is 9.48 Å². The van der Waals surface area contributed by atoms with Gasteiger partial charge in [-0.05, 0) is 13.0 Å². The van der Waals surface area contributed by atoms with Crippen LogP contribution in [0.1, 0.15) is 17.4 Å². The molecular weight excluding hydrogens is 243 g/mol. The van der Waals surface area contributed by atoms with Crippen molar-refractivity contribution in [2.75, 3.05) is 0 Å². The van der Waals surface area contributed by atoms with Gasteiger partial charge in [-0.2, -0.15) is 18.3 Å². The number of aryl methyl sites for hydroxylation is 1. The average Bonchev–Trinajstić information content (AvgIpc) is 2.64. The number of carboxylic acid groups (broad SMARTS) is 1. The first-order chi connectivity index (χ1) is 7.70. The molecule has 0 aliphatic heterocycles. The number of carbonyl (C=O) groups is 2. The number of aliphatic carboxylic acids is 1. The summed E-state index contributed by atoms with van der Waals surface area (Å²) in [6, 6.07) is 1.60. The molecule has 0 aliphatic rings. The first-order valence-electron chi connectivity index (χ1n) is 4.31. The molecule has 0 saturated heterocycles. The minimum absolute atomic E-state index is 0.431. The largest absolute Gasteiger partial charge is 0.490 e. The molecule has 0 aliphatic carbocycles. The number of nitrogens with zero attached hydrogens (tertiary/aromatic N) is 2. The molecule has 17 heavy (non-hydrogen) atoms. The van der Waals surface area contributed by atoms with E-state index < -0.39 is 18.1 Å². The number of rotatable bonds is 2. The van der Waals surface area contributed by atoms with Crippen LogP contribution in [0, 0.1) is 0 Å². The molecule has 0 radical (unpaired) electrons. The Morgan fingerprint density at radius 2 is 2.00 bits per heavy atom. The first kappa shape index (κ1) is 14.9. The third-order valence-electron chi connectivity index (χ3n) is 1.51. The Morgan fingerprint density at radius 1 is 1.53 bits per heavy atom. The number of hydrogen-bond acceptors (Lipinski definition) is 3. The zero-order chi connectivity index (χ0) is 13.6. The van der Waals surface area contributed by atoms with Crippen LogP contribution in [-0.2, 0) is 11.3 Å². The SMILES string of the molecule is CCn1nccc1C(N)=O.O=C(O)C(F)(F)F. The van der Waals surface area contributed by atoms with Crippen LogP contribution in [0.3, 0.4) is 0 Å². The lowest BCUT2D eigenvalue weighted by molar-refractivity contribution is -0.192. The fourth-order valence-electron chi connectivity index (χ4n) is 0.794. The number of hydrogen-bond donors (Lipinski definition) is 2. The van der Waals surface area contributed by atoms with Crippen LogP contribution in [0.5, 0.6) is 0 Å². The number of primary amides is 1. The second-order valence-corrected chi connectivity index (χ2v) is 2.70. The second kappa shape index (κ2) is 5.87. The van der Waals surface area contributed by atoms with E-state index in [1.165, 1.54) is 0 Å². The molecule has 6 nitrogen and oxygen atoms in total. The summed E-state index contributed by atoms with van der Waals surface area (Å²) in [6.45, 7) is 2.57. The summed E-state index contributed by atoms with van der Waals surface area (Å²) in [5.41, 5.74) is 5.50. The fraction of sp³-hybridized carbons (Fsp3) is 0.375. The van der Waals surface area contributed by atoms with Crippen LogP contribution in [-0.4, -0.2) is 32.9 Å². The van der Waals surface area contributed by atoms with E-state index in [4.69, 9.17) is 15.6 Å². The lowest BCUT2D eigenvalue weighted by Gasteiger charge is -1.97.